The highest BCUT2D eigenvalue weighted by Gasteiger charge is 2.28. The van der Waals surface area contributed by atoms with Gasteiger partial charge in [-0.05, 0) is 43.4 Å². The van der Waals surface area contributed by atoms with Crippen molar-refractivity contribution < 1.29 is 45.3 Å². The smallest absolute Gasteiger partial charge is 0.280 e. The molecule has 0 fully saturated rings. The van der Waals surface area contributed by atoms with E-state index in [0.29, 0.717) is 18.7 Å². The lowest BCUT2D eigenvalue weighted by Crippen LogP contribution is -2.49. The van der Waals surface area contributed by atoms with Gasteiger partial charge in [0, 0.05) is 32.8 Å². The number of aromatic nitrogens is 2. The van der Waals surface area contributed by atoms with Gasteiger partial charge >= 0.3 is 0 Å². The Morgan fingerprint density at radius 3 is 2.28 bits per heavy atom. The third-order valence-electron chi connectivity index (χ3n) is 6.85. The second-order valence-electron chi connectivity index (χ2n) is 10.5. The predicted octanol–water partition coefficient (Wildman–Crippen LogP) is -2.78. The Kier molecular flexibility index (Phi) is 16.8. The second-order valence-corrected chi connectivity index (χ2v) is 10.9. The first-order chi connectivity index (χ1) is 21.9. The third kappa shape index (κ3) is 13.1. The number of carbonyl (C=O) groups is 1. The van der Waals surface area contributed by atoms with Crippen LogP contribution in [0.3, 0.4) is 0 Å². The van der Waals surface area contributed by atoms with Crippen molar-refractivity contribution in [2.45, 2.75) is 56.2 Å². The van der Waals surface area contributed by atoms with Crippen LogP contribution in [0.25, 0.3) is 0 Å². The molecule has 0 aliphatic carbocycles. The maximum absolute atomic E-state index is 12.3. The number of hydrogen-bond donors (Lipinski definition) is 11. The molecular formula is C28H45ClN8O9. The monoisotopic (exact) mass is 672 g/mol. The summed E-state index contributed by atoms with van der Waals surface area (Å²) < 4.78 is 5.79. The molecule has 0 radical (unpaired) electrons. The largest absolute Gasteiger partial charge is 0.492 e. The van der Waals surface area contributed by atoms with Gasteiger partial charge in [0.05, 0.1) is 24.9 Å². The zero-order valence-electron chi connectivity index (χ0n) is 25.3. The van der Waals surface area contributed by atoms with Crippen molar-refractivity contribution in [1.29, 1.82) is 0 Å². The van der Waals surface area contributed by atoms with Crippen molar-refractivity contribution in [2.75, 3.05) is 57.5 Å². The number of amides is 1. The Morgan fingerprint density at radius 2 is 1.63 bits per heavy atom. The van der Waals surface area contributed by atoms with Crippen LogP contribution in [0.4, 0.5) is 11.6 Å². The Bertz CT molecular complexity index is 1240. The van der Waals surface area contributed by atoms with Crippen molar-refractivity contribution in [1.82, 2.24) is 20.2 Å². The summed E-state index contributed by atoms with van der Waals surface area (Å²) >= 11 is 5.79. The second kappa shape index (κ2) is 20.0. The fourth-order valence-electron chi connectivity index (χ4n) is 4.21. The van der Waals surface area contributed by atoms with Gasteiger partial charge in [0.25, 0.3) is 5.91 Å². The lowest BCUT2D eigenvalue weighted by molar-refractivity contribution is -0.0895. The minimum Gasteiger partial charge on any atom is -0.492 e. The molecule has 17 nitrogen and oxygen atoms in total. The fraction of sp³-hybridized carbons (Fsp3) is 0.571. The molecule has 0 bridgehead atoms. The van der Waals surface area contributed by atoms with Crippen molar-refractivity contribution in [3.63, 3.8) is 0 Å². The Hall–Kier alpha value is -3.39. The number of unbranched alkanes of at least 4 members (excludes halogenated alkanes) is 1. The fourth-order valence-corrected chi connectivity index (χ4v) is 4.34. The van der Waals surface area contributed by atoms with Crippen LogP contribution >= 0.6 is 11.6 Å². The summed E-state index contributed by atoms with van der Waals surface area (Å²) in [5, 5.41) is 70.5. The number of nitrogen functional groups attached to an aromatic ring is 2. The van der Waals surface area contributed by atoms with Gasteiger partial charge in [0.15, 0.2) is 28.4 Å². The van der Waals surface area contributed by atoms with E-state index in [1.165, 1.54) is 4.90 Å². The molecule has 14 N–H and O–H groups in total. The van der Waals surface area contributed by atoms with Gasteiger partial charge in [-0.15, -0.1) is 0 Å². The molecule has 18 heteroatoms. The maximum atomic E-state index is 12.3. The third-order valence-corrected chi connectivity index (χ3v) is 7.13. The molecule has 46 heavy (non-hydrogen) atoms. The topological polar surface area (TPSA) is 299 Å². The van der Waals surface area contributed by atoms with Crippen molar-refractivity contribution in [3.8, 4) is 5.75 Å². The maximum Gasteiger partial charge on any atom is 0.280 e. The number of anilines is 2. The van der Waals surface area contributed by atoms with Crippen LogP contribution in [-0.4, -0.2) is 139 Å². The van der Waals surface area contributed by atoms with E-state index in [4.69, 9.17) is 43.8 Å². The number of nitrogens with two attached hydrogens (primary N) is 3. The number of rotatable bonds is 20. The summed E-state index contributed by atoms with van der Waals surface area (Å²) in [4.78, 5) is 25.5. The van der Waals surface area contributed by atoms with E-state index in [9.17, 15) is 30.3 Å². The van der Waals surface area contributed by atoms with Gasteiger partial charge in [0.2, 0.25) is 0 Å². The molecule has 5 atom stereocenters. The van der Waals surface area contributed by atoms with Crippen molar-refractivity contribution >= 4 is 35.1 Å². The van der Waals surface area contributed by atoms with Gasteiger partial charge in [-0.1, -0.05) is 23.7 Å². The van der Waals surface area contributed by atoms with Gasteiger partial charge in [0.1, 0.15) is 24.6 Å². The molecule has 258 valence electrons. The standard InChI is InChI=1S/C28H45ClN8O9/c29-24-26(31)35-25(30)22(34-24)27(45)36-28(32)33-9-2-1-3-16-4-6-17(7-5-16)46-12-10-37(13-19(41)18(40)8-11-38)14-20(42)23(44)21(43)15-39/h4-7,18-21,23,38-44H,1-3,8-15H2,(H4,30,31,35)(H3,32,33,36,45)/t18-,19-,20-,21+,23+/m0/s1. The van der Waals surface area contributed by atoms with Gasteiger partial charge in [-0.3, -0.25) is 20.0 Å². The number of guanidine groups is 1. The summed E-state index contributed by atoms with van der Waals surface area (Å²) in [6, 6.07) is 7.39. The Labute approximate surface area is 271 Å². The van der Waals surface area contributed by atoms with E-state index in [1.807, 2.05) is 12.1 Å². The van der Waals surface area contributed by atoms with Crippen LogP contribution in [0, 0.1) is 0 Å². The SMILES string of the molecule is NC(=NCCCCc1ccc(OCCN(C[C@H](O)[C@@H](O)[C@H](O)CO)C[C@H](O)[C@@H](O)CCO)cc1)NC(=O)c1nc(Cl)c(N)nc1N. The van der Waals surface area contributed by atoms with Crippen molar-refractivity contribution in [2.24, 2.45) is 10.7 Å². The van der Waals surface area contributed by atoms with Crippen LogP contribution in [0.15, 0.2) is 29.3 Å². The molecule has 2 aromatic rings. The molecule has 0 aliphatic rings. The number of nitrogens with zero attached hydrogens (tertiary/aromatic N) is 4. The molecule has 1 aromatic heterocycles. The number of halogens is 1. The minimum atomic E-state index is -1.62. The quantitative estimate of drug-likeness (QED) is 0.0385. The van der Waals surface area contributed by atoms with E-state index in [-0.39, 0.29) is 67.7 Å². The lowest BCUT2D eigenvalue weighted by atomic mass is 10.1. The number of hydrogen-bond acceptors (Lipinski definition) is 15. The summed E-state index contributed by atoms with van der Waals surface area (Å²) in [5.74, 6) is -0.540. The number of aliphatic hydroxyl groups is 7. The summed E-state index contributed by atoms with van der Waals surface area (Å²) in [7, 11) is 0. The van der Waals surface area contributed by atoms with Gasteiger partial charge in [-0.2, -0.15) is 0 Å². The lowest BCUT2D eigenvalue weighted by Gasteiger charge is -2.31. The zero-order chi connectivity index (χ0) is 34.2. The Morgan fingerprint density at radius 1 is 0.957 bits per heavy atom. The highest BCUT2D eigenvalue weighted by Crippen LogP contribution is 2.17. The van der Waals surface area contributed by atoms with Crippen LogP contribution < -0.4 is 27.3 Å². The molecule has 1 amide bonds. The number of ether oxygens (including phenoxy) is 1. The Balaban J connectivity index is 1.80. The minimum absolute atomic E-state index is 0.0426. The van der Waals surface area contributed by atoms with Crippen LogP contribution in [0.5, 0.6) is 5.75 Å². The molecule has 0 saturated heterocycles. The molecule has 2 rings (SSSR count). The first kappa shape index (κ1) is 38.8. The summed E-state index contributed by atoms with van der Waals surface area (Å²) in [6.07, 6.45) is -4.89. The molecule has 0 spiro atoms. The summed E-state index contributed by atoms with van der Waals surface area (Å²) in [6.45, 7) is -0.678. The number of aryl methyl sites for hydroxylation is 1. The van der Waals surface area contributed by atoms with Crippen molar-refractivity contribution in [3.05, 3.63) is 40.7 Å². The number of benzene rings is 1. The summed E-state index contributed by atoms with van der Waals surface area (Å²) in [5.41, 5.74) is 17.8. The molecule has 0 aliphatic heterocycles. The van der Waals surface area contributed by atoms with E-state index in [0.717, 1.165) is 18.4 Å². The van der Waals surface area contributed by atoms with Gasteiger partial charge in [-0.25, -0.2) is 9.97 Å². The molecule has 1 heterocycles. The number of aliphatic hydroxyl groups excluding tert-OH is 7. The van der Waals surface area contributed by atoms with E-state index in [1.54, 1.807) is 12.1 Å². The zero-order valence-corrected chi connectivity index (χ0v) is 26.1. The predicted molar refractivity (Wildman–Crippen MR) is 170 cm³/mol. The highest BCUT2D eigenvalue weighted by atomic mass is 35.5. The van der Waals surface area contributed by atoms with Crippen LogP contribution in [0.2, 0.25) is 5.15 Å². The normalized spacial score (nSPS) is 15.3. The molecule has 0 saturated carbocycles. The number of carbonyl (C=O) groups excluding carboxylic acids is 1. The van der Waals surface area contributed by atoms with Gasteiger partial charge < -0.3 is 57.7 Å². The molecular weight excluding hydrogens is 628 g/mol. The number of nitrogens with one attached hydrogen (secondary N) is 1. The first-order valence-corrected chi connectivity index (χ1v) is 15.0. The van der Waals surface area contributed by atoms with E-state index in [2.05, 4.69) is 20.3 Å². The average molecular weight is 673 g/mol. The van der Waals surface area contributed by atoms with Crippen LogP contribution in [0.1, 0.15) is 35.3 Å². The molecule has 0 unspecified atom stereocenters. The average Bonchev–Trinajstić information content (AvgIpc) is 3.02. The number of aliphatic imine (C=N–C) groups is 1. The van der Waals surface area contributed by atoms with Crippen LogP contribution in [-0.2, 0) is 6.42 Å². The highest BCUT2D eigenvalue weighted by molar-refractivity contribution is 6.31. The first-order valence-electron chi connectivity index (χ1n) is 14.6. The van der Waals surface area contributed by atoms with E-state index < -0.39 is 43.0 Å². The molecule has 1 aromatic carbocycles. The van der Waals surface area contributed by atoms with E-state index >= 15 is 0 Å².